The van der Waals surface area contributed by atoms with Crippen LogP contribution in [0.25, 0.3) is 104 Å². The van der Waals surface area contributed by atoms with Crippen molar-refractivity contribution in [3.8, 4) is 51.7 Å². The summed E-state index contributed by atoms with van der Waals surface area (Å²) in [5, 5.41) is 28.2. The Morgan fingerprint density at radius 2 is 1.27 bits per heavy atom. The fourth-order valence-electron chi connectivity index (χ4n) is 8.11. The van der Waals surface area contributed by atoms with Gasteiger partial charge in [0.15, 0.2) is 5.82 Å². The second-order valence-corrected chi connectivity index (χ2v) is 14.6. The summed E-state index contributed by atoms with van der Waals surface area (Å²) in [5.41, 5.74) is 8.34. The van der Waals surface area contributed by atoms with E-state index in [1.807, 2.05) is 97.1 Å². The lowest BCUT2D eigenvalue weighted by atomic mass is 9.98. The molecular weight excluding hydrogens is 695 g/mol. The lowest BCUT2D eigenvalue weighted by Crippen LogP contribution is -2.03. The molecule has 0 unspecified atom stereocenters. The normalized spacial score (nSPS) is 11.6. The molecule has 6 nitrogen and oxygen atoms in total. The second kappa shape index (κ2) is 12.0. The van der Waals surface area contributed by atoms with Gasteiger partial charge in [-0.15, -0.1) is 11.3 Å². The van der Waals surface area contributed by atoms with Gasteiger partial charge in [0.05, 0.1) is 38.4 Å². The van der Waals surface area contributed by atoms with Crippen LogP contribution in [0.1, 0.15) is 11.1 Å². The lowest BCUT2D eigenvalue weighted by Gasteiger charge is -2.15. The molecule has 0 saturated carbocycles. The Hall–Kier alpha value is -7.58. The van der Waals surface area contributed by atoms with Crippen molar-refractivity contribution in [2.24, 2.45) is 0 Å². The zero-order valence-corrected chi connectivity index (χ0v) is 29.8. The molecule has 0 radical (unpaired) electrons. The molecule has 254 valence electrons. The molecule has 4 aromatic heterocycles. The van der Waals surface area contributed by atoms with Gasteiger partial charge in [-0.1, -0.05) is 115 Å². The number of aromatic nitrogens is 3. The molecule has 0 saturated heterocycles. The zero-order valence-electron chi connectivity index (χ0n) is 29.0. The summed E-state index contributed by atoms with van der Waals surface area (Å²) in [4.78, 5) is 10.2. The third-order valence-corrected chi connectivity index (χ3v) is 11.7. The fraction of sp³-hybridized carbons (Fsp3) is 0. The first-order chi connectivity index (χ1) is 27.2. The zero-order chi connectivity index (χ0) is 36.6. The lowest BCUT2D eigenvalue weighted by molar-refractivity contribution is 0.669. The molecular formula is C48H25N5OS. The number of hydrogen-bond acceptors (Lipinski definition) is 6. The minimum absolute atomic E-state index is 0.333. The third kappa shape index (κ3) is 4.58. The number of nitriles is 2. The van der Waals surface area contributed by atoms with Crippen LogP contribution in [-0.2, 0) is 0 Å². The summed E-state index contributed by atoms with van der Waals surface area (Å²) < 4.78 is 10.8. The van der Waals surface area contributed by atoms with E-state index >= 15 is 0 Å². The summed E-state index contributed by atoms with van der Waals surface area (Å²) in [5.74, 6) is 0.460. The van der Waals surface area contributed by atoms with Gasteiger partial charge in [-0.25, -0.2) is 9.97 Å². The van der Waals surface area contributed by atoms with Gasteiger partial charge in [0.25, 0.3) is 0 Å². The summed E-state index contributed by atoms with van der Waals surface area (Å²) >= 11 is 1.77. The van der Waals surface area contributed by atoms with Crippen LogP contribution >= 0.6 is 11.3 Å². The molecule has 11 rings (SSSR count). The van der Waals surface area contributed by atoms with E-state index in [4.69, 9.17) is 14.4 Å². The molecule has 0 N–H and O–H groups in total. The topological polar surface area (TPSA) is 91.4 Å². The first-order valence-electron chi connectivity index (χ1n) is 17.9. The molecule has 55 heavy (non-hydrogen) atoms. The van der Waals surface area contributed by atoms with Crippen LogP contribution in [-0.4, -0.2) is 14.5 Å². The minimum Gasteiger partial charge on any atom is -0.456 e. The Morgan fingerprint density at radius 3 is 2.11 bits per heavy atom. The van der Waals surface area contributed by atoms with E-state index in [1.165, 1.54) is 20.2 Å². The van der Waals surface area contributed by atoms with Crippen LogP contribution in [0.5, 0.6) is 0 Å². The van der Waals surface area contributed by atoms with Crippen molar-refractivity contribution in [3.05, 3.63) is 163 Å². The van der Waals surface area contributed by atoms with Crippen LogP contribution in [0.3, 0.4) is 0 Å². The molecule has 0 bridgehead atoms. The summed E-state index contributed by atoms with van der Waals surface area (Å²) in [6.07, 6.45) is 0. The maximum Gasteiger partial charge on any atom is 0.161 e. The van der Waals surface area contributed by atoms with Gasteiger partial charge >= 0.3 is 0 Å². The Kier molecular flexibility index (Phi) is 6.75. The van der Waals surface area contributed by atoms with Crippen molar-refractivity contribution in [2.45, 2.75) is 0 Å². The van der Waals surface area contributed by atoms with Crippen LogP contribution < -0.4 is 0 Å². The standard InChI is InChI=1S/C48H25N5OS/c49-26-30-25-29(21-24-38(30)53-39-17-7-4-13-31(39)33-22-23-34-32-14-6-9-20-42(32)55-47(34)46(33)53)45-37(27-50)44(28-11-2-1-3-12-28)51-48(52-45)36-16-10-19-41-43(36)35-15-5-8-18-40(35)54-41/h1-25H. The maximum atomic E-state index is 10.9. The highest BCUT2D eigenvalue weighted by Gasteiger charge is 2.24. The van der Waals surface area contributed by atoms with Gasteiger partial charge < -0.3 is 8.98 Å². The van der Waals surface area contributed by atoms with Crippen LogP contribution in [0.2, 0.25) is 0 Å². The summed E-state index contributed by atoms with van der Waals surface area (Å²) in [7, 11) is 0. The van der Waals surface area contributed by atoms with Gasteiger partial charge in [-0.2, -0.15) is 10.5 Å². The van der Waals surface area contributed by atoms with E-state index < -0.39 is 0 Å². The molecule has 0 fully saturated rings. The average Bonchev–Trinajstić information content (AvgIpc) is 3.93. The van der Waals surface area contributed by atoms with Crippen molar-refractivity contribution in [2.75, 3.05) is 0 Å². The van der Waals surface area contributed by atoms with Crippen molar-refractivity contribution in [1.82, 2.24) is 14.5 Å². The minimum atomic E-state index is 0.333. The molecule has 4 heterocycles. The van der Waals surface area contributed by atoms with E-state index in [2.05, 4.69) is 71.3 Å². The predicted molar refractivity (Wildman–Crippen MR) is 222 cm³/mol. The average molecular weight is 720 g/mol. The molecule has 0 aliphatic heterocycles. The number of fused-ring (bicyclic) bond motifs is 10. The summed E-state index contributed by atoms with van der Waals surface area (Å²) in [6.45, 7) is 0. The van der Waals surface area contributed by atoms with Crippen molar-refractivity contribution < 1.29 is 4.42 Å². The SMILES string of the molecule is N#Cc1cc(-c2nc(-c3cccc4oc5ccccc5c34)nc(-c3ccccc3)c2C#N)ccc1-n1c2ccccc2c2ccc3c4ccccc4sc3c21. The molecule has 0 aliphatic rings. The molecule has 0 spiro atoms. The third-order valence-electron chi connectivity index (χ3n) is 10.5. The quantitative estimate of drug-likeness (QED) is 0.181. The van der Waals surface area contributed by atoms with Crippen molar-refractivity contribution in [3.63, 3.8) is 0 Å². The highest BCUT2D eigenvalue weighted by molar-refractivity contribution is 7.26. The van der Waals surface area contributed by atoms with E-state index in [0.29, 0.717) is 33.9 Å². The Labute approximate surface area is 318 Å². The first-order valence-corrected chi connectivity index (χ1v) is 18.7. The Balaban J connectivity index is 1.18. The van der Waals surface area contributed by atoms with Gasteiger partial charge in [-0.05, 0) is 36.4 Å². The number of benzene rings is 7. The molecule has 0 amide bonds. The fourth-order valence-corrected chi connectivity index (χ4v) is 9.35. The van der Waals surface area contributed by atoms with Crippen LogP contribution in [0, 0.1) is 22.7 Å². The predicted octanol–water partition coefficient (Wildman–Crippen LogP) is 12.6. The number of hydrogen-bond donors (Lipinski definition) is 0. The monoisotopic (exact) mass is 719 g/mol. The molecule has 0 aliphatic carbocycles. The highest BCUT2D eigenvalue weighted by Crippen LogP contribution is 2.44. The van der Waals surface area contributed by atoms with Gasteiger partial charge in [0.1, 0.15) is 28.9 Å². The van der Waals surface area contributed by atoms with Crippen molar-refractivity contribution in [1.29, 1.82) is 10.5 Å². The Morgan fingerprint density at radius 1 is 0.564 bits per heavy atom. The van der Waals surface area contributed by atoms with Crippen LogP contribution in [0.4, 0.5) is 0 Å². The van der Waals surface area contributed by atoms with Gasteiger partial charge in [0.2, 0.25) is 0 Å². The molecule has 0 atom stereocenters. The van der Waals surface area contributed by atoms with E-state index in [9.17, 15) is 10.5 Å². The first kappa shape index (κ1) is 31.0. The Bertz CT molecular complexity index is 3470. The molecule has 7 heteroatoms. The summed E-state index contributed by atoms with van der Waals surface area (Å²) in [6, 6.07) is 55.5. The van der Waals surface area contributed by atoms with E-state index in [-0.39, 0.29) is 0 Å². The number of para-hydroxylation sites is 2. The molecule has 11 aromatic rings. The maximum absolute atomic E-state index is 10.9. The van der Waals surface area contributed by atoms with Gasteiger partial charge in [0, 0.05) is 53.7 Å². The van der Waals surface area contributed by atoms with E-state index in [0.717, 1.165) is 60.6 Å². The smallest absolute Gasteiger partial charge is 0.161 e. The highest BCUT2D eigenvalue weighted by atomic mass is 32.1. The van der Waals surface area contributed by atoms with Gasteiger partial charge in [-0.3, -0.25) is 0 Å². The number of furan rings is 1. The molecule has 7 aromatic carbocycles. The number of rotatable bonds is 4. The van der Waals surface area contributed by atoms with E-state index in [1.54, 1.807) is 11.3 Å². The largest absolute Gasteiger partial charge is 0.456 e. The second-order valence-electron chi connectivity index (χ2n) is 13.5. The number of nitrogens with zero attached hydrogens (tertiary/aromatic N) is 5. The van der Waals surface area contributed by atoms with Crippen molar-refractivity contribution >= 4 is 75.3 Å². The van der Waals surface area contributed by atoms with Crippen LogP contribution in [0.15, 0.2) is 156 Å². The number of thiophene rings is 1.